The van der Waals surface area contributed by atoms with Gasteiger partial charge in [0.1, 0.15) is 17.9 Å². The molecule has 0 saturated heterocycles. The van der Waals surface area contributed by atoms with Crippen molar-refractivity contribution in [2.45, 2.75) is 13.0 Å². The van der Waals surface area contributed by atoms with Gasteiger partial charge in [0.25, 0.3) is 5.69 Å². The second-order valence-corrected chi connectivity index (χ2v) is 11.9. The van der Waals surface area contributed by atoms with Crippen LogP contribution in [0.4, 0.5) is 11.4 Å². The largest absolute Gasteiger partial charge is 0.269 e. The summed E-state index contributed by atoms with van der Waals surface area (Å²) in [5, 5.41) is 21.2. The van der Waals surface area contributed by atoms with Crippen LogP contribution in [-0.4, -0.2) is 22.6 Å². The molecule has 0 fully saturated rings. The highest BCUT2D eigenvalue weighted by atomic mass is 31.2. The van der Waals surface area contributed by atoms with Crippen LogP contribution >= 0.6 is 7.26 Å². The van der Waals surface area contributed by atoms with E-state index in [9.17, 15) is 10.1 Å². The Morgan fingerprint density at radius 1 is 0.794 bits per heavy atom. The number of nitrogens with zero attached hydrogens (tertiary/aromatic N) is 3. The third-order valence-electron chi connectivity index (χ3n) is 6.27. The van der Waals surface area contributed by atoms with Crippen molar-refractivity contribution in [2.75, 3.05) is 11.2 Å². The predicted octanol–water partition coefficient (Wildman–Crippen LogP) is 5.83. The molecular formula is C28H25N3O2P+. The number of hydrogen-bond donors (Lipinski definition) is 0. The molecule has 5 rings (SSSR count). The highest BCUT2D eigenvalue weighted by Crippen LogP contribution is 2.62. The van der Waals surface area contributed by atoms with E-state index in [0.29, 0.717) is 0 Å². The van der Waals surface area contributed by atoms with Crippen LogP contribution in [0.3, 0.4) is 0 Å². The summed E-state index contributed by atoms with van der Waals surface area (Å²) >= 11 is 0. The van der Waals surface area contributed by atoms with Gasteiger partial charge >= 0.3 is 0 Å². The van der Waals surface area contributed by atoms with E-state index in [1.54, 1.807) is 12.1 Å². The molecule has 5 nitrogen and oxygen atoms in total. The minimum absolute atomic E-state index is 0.0804. The van der Waals surface area contributed by atoms with E-state index in [1.165, 1.54) is 10.6 Å². The Labute approximate surface area is 199 Å². The molecule has 34 heavy (non-hydrogen) atoms. The van der Waals surface area contributed by atoms with Gasteiger partial charge in [-0.2, -0.15) is 0 Å². The zero-order chi connectivity index (χ0) is 23.5. The van der Waals surface area contributed by atoms with Crippen molar-refractivity contribution in [1.29, 1.82) is 0 Å². The Kier molecular flexibility index (Phi) is 5.95. The Bertz CT molecular complexity index is 1270. The molecule has 0 amide bonds. The molecule has 0 saturated carbocycles. The van der Waals surface area contributed by atoms with Crippen LogP contribution < -0.4 is 15.6 Å². The van der Waals surface area contributed by atoms with Gasteiger partial charge in [-0.1, -0.05) is 54.6 Å². The van der Waals surface area contributed by atoms with E-state index in [0.717, 1.165) is 22.9 Å². The van der Waals surface area contributed by atoms with Crippen molar-refractivity contribution < 1.29 is 4.92 Å². The van der Waals surface area contributed by atoms with Crippen molar-refractivity contribution in [3.63, 3.8) is 0 Å². The summed E-state index contributed by atoms with van der Waals surface area (Å²) in [7, 11) is -2.14. The Hall–Kier alpha value is -3.82. The van der Waals surface area contributed by atoms with Crippen molar-refractivity contribution in [3.8, 4) is 0 Å². The fourth-order valence-corrected chi connectivity index (χ4v) is 9.24. The molecule has 0 N–H and O–H groups in total. The topological polar surface area (TPSA) is 58.7 Å². The molecule has 1 atom stereocenters. The number of anilines is 1. The molecule has 168 valence electrons. The lowest BCUT2D eigenvalue weighted by Crippen LogP contribution is -2.45. The molecule has 1 aliphatic rings. The molecule has 0 bridgehead atoms. The van der Waals surface area contributed by atoms with Crippen LogP contribution in [0.5, 0.6) is 0 Å². The summed E-state index contributed by atoms with van der Waals surface area (Å²) < 4.78 is 0. The van der Waals surface area contributed by atoms with Gasteiger partial charge in [0, 0.05) is 17.7 Å². The van der Waals surface area contributed by atoms with Crippen LogP contribution in [0.25, 0.3) is 0 Å². The van der Waals surface area contributed by atoms with Crippen molar-refractivity contribution in [1.82, 2.24) is 0 Å². The first-order chi connectivity index (χ1) is 16.6. The number of rotatable bonds is 5. The maximum atomic E-state index is 11.3. The van der Waals surface area contributed by atoms with E-state index >= 15 is 0 Å². The Balaban J connectivity index is 1.79. The average Bonchev–Trinajstić information content (AvgIpc) is 2.90. The molecule has 4 aromatic rings. The summed E-state index contributed by atoms with van der Waals surface area (Å²) in [5.74, 6) is 0. The Morgan fingerprint density at radius 3 is 1.79 bits per heavy atom. The lowest BCUT2D eigenvalue weighted by Gasteiger charge is -2.39. The molecule has 0 spiro atoms. The molecule has 0 radical (unpaired) electrons. The number of benzene rings is 4. The summed E-state index contributed by atoms with van der Waals surface area (Å²) in [5.41, 5.74) is 3.02. The van der Waals surface area contributed by atoms with Gasteiger partial charge in [-0.05, 0) is 55.5 Å². The molecule has 1 aliphatic heterocycles. The molecule has 4 aromatic carbocycles. The van der Waals surface area contributed by atoms with Gasteiger partial charge in [-0.25, -0.2) is 0 Å². The highest BCUT2D eigenvalue weighted by Gasteiger charge is 2.54. The smallest absolute Gasteiger partial charge is 0.258 e. The highest BCUT2D eigenvalue weighted by molar-refractivity contribution is 8.03. The second kappa shape index (κ2) is 9.20. The second-order valence-electron chi connectivity index (χ2n) is 8.42. The molecule has 1 unspecified atom stereocenters. The number of hydrazone groups is 1. The predicted molar refractivity (Wildman–Crippen MR) is 142 cm³/mol. The van der Waals surface area contributed by atoms with Crippen LogP contribution in [0.2, 0.25) is 0 Å². The van der Waals surface area contributed by atoms with Gasteiger partial charge in [0.15, 0.2) is 0 Å². The molecule has 0 aliphatic carbocycles. The van der Waals surface area contributed by atoms with E-state index in [2.05, 4.69) is 72.6 Å². The van der Waals surface area contributed by atoms with Gasteiger partial charge < -0.3 is 0 Å². The Morgan fingerprint density at radius 2 is 1.29 bits per heavy atom. The summed E-state index contributed by atoms with van der Waals surface area (Å²) in [4.78, 5) is 11.0. The normalized spacial score (nSPS) is 17.1. The van der Waals surface area contributed by atoms with Crippen LogP contribution in [0.15, 0.2) is 120 Å². The maximum Gasteiger partial charge on any atom is 0.269 e. The van der Waals surface area contributed by atoms with Gasteiger partial charge in [-0.3, -0.25) is 15.1 Å². The monoisotopic (exact) mass is 466 g/mol. The maximum absolute atomic E-state index is 11.3. The first kappa shape index (κ1) is 22.0. The van der Waals surface area contributed by atoms with E-state index in [-0.39, 0.29) is 16.7 Å². The standard InChI is InChI=1S/C28H25N3O2P/c1-22-21-34(26-13-7-3-8-14-26,27-15-9-4-10-16-27)28(23-17-19-25(20-18-23)31(32)33)29-30(22)24-11-5-2-6-12-24/h2-20,22H,21H2,1H3/q+1. The fraction of sp³-hybridized carbons (Fsp3) is 0.107. The van der Waals surface area contributed by atoms with Crippen molar-refractivity contribution in [3.05, 3.63) is 131 Å². The quantitative estimate of drug-likeness (QED) is 0.211. The van der Waals surface area contributed by atoms with E-state index in [1.807, 2.05) is 42.5 Å². The van der Waals surface area contributed by atoms with Gasteiger partial charge in [0.05, 0.1) is 22.8 Å². The lowest BCUT2D eigenvalue weighted by molar-refractivity contribution is -0.384. The third-order valence-corrected chi connectivity index (χ3v) is 10.8. The summed E-state index contributed by atoms with van der Waals surface area (Å²) in [6, 6.07) is 38.4. The summed E-state index contributed by atoms with van der Waals surface area (Å²) in [6.45, 7) is 2.23. The third kappa shape index (κ3) is 3.89. The number of hydrogen-bond acceptors (Lipinski definition) is 4. The summed E-state index contributed by atoms with van der Waals surface area (Å²) in [6.07, 6.45) is 0.908. The van der Waals surface area contributed by atoms with Gasteiger partial charge in [-0.15, -0.1) is 5.10 Å². The number of nitro benzene ring substituents is 1. The van der Waals surface area contributed by atoms with Crippen molar-refractivity contribution in [2.24, 2.45) is 5.10 Å². The lowest BCUT2D eigenvalue weighted by atomic mass is 10.2. The number of para-hydroxylation sites is 1. The molecule has 6 heteroatoms. The fourth-order valence-electron chi connectivity index (χ4n) is 4.71. The number of nitro groups is 1. The van der Waals surface area contributed by atoms with Crippen LogP contribution in [0, 0.1) is 10.1 Å². The van der Waals surface area contributed by atoms with Crippen LogP contribution in [-0.2, 0) is 0 Å². The molecular weight excluding hydrogens is 441 g/mol. The van der Waals surface area contributed by atoms with Crippen LogP contribution in [0.1, 0.15) is 12.5 Å². The number of non-ortho nitro benzene ring substituents is 1. The first-order valence-corrected chi connectivity index (χ1v) is 13.2. The average molecular weight is 467 g/mol. The zero-order valence-corrected chi connectivity index (χ0v) is 19.8. The SMILES string of the molecule is CC1C[P+](c2ccccc2)(c2ccccc2)C(c2ccc([N+](=O)[O-])cc2)=NN1c1ccccc1. The van der Waals surface area contributed by atoms with E-state index < -0.39 is 7.26 Å². The first-order valence-electron chi connectivity index (χ1n) is 11.3. The molecule has 0 aromatic heterocycles. The van der Waals surface area contributed by atoms with Crippen molar-refractivity contribution >= 4 is 34.7 Å². The zero-order valence-electron chi connectivity index (χ0n) is 18.9. The minimum atomic E-state index is -2.14. The van der Waals surface area contributed by atoms with Gasteiger partial charge in [0.2, 0.25) is 5.45 Å². The molecule has 1 heterocycles. The van der Waals surface area contributed by atoms with E-state index in [4.69, 9.17) is 5.10 Å². The minimum Gasteiger partial charge on any atom is -0.258 e.